The van der Waals surface area contributed by atoms with Gasteiger partial charge in [-0.1, -0.05) is 42.5 Å². The smallest absolute Gasteiger partial charge is 0.256 e. The second-order valence-electron chi connectivity index (χ2n) is 5.88. The van der Waals surface area contributed by atoms with Gasteiger partial charge in [0.1, 0.15) is 0 Å². The SMILES string of the molecule is C=C/C=C\C=C(/N)N1CCN(C(=O)c2c[nH]c3cc(Cl)ccc23)CC1. The Hall–Kier alpha value is -2.66. The number of halogens is 1. The maximum atomic E-state index is 12.8. The molecule has 5 nitrogen and oxygen atoms in total. The lowest BCUT2D eigenvalue weighted by Crippen LogP contribution is -2.49. The Morgan fingerprint density at radius 1 is 1.20 bits per heavy atom. The number of hydrogen-bond donors (Lipinski definition) is 2. The molecular formula is C19H21ClN4O. The number of H-pyrrole nitrogens is 1. The van der Waals surface area contributed by atoms with Crippen LogP contribution in [0.2, 0.25) is 5.02 Å². The van der Waals surface area contributed by atoms with Gasteiger partial charge in [-0.2, -0.15) is 0 Å². The number of aromatic nitrogens is 1. The molecule has 0 atom stereocenters. The van der Waals surface area contributed by atoms with Crippen molar-refractivity contribution >= 4 is 28.4 Å². The van der Waals surface area contributed by atoms with E-state index in [1.165, 1.54) is 0 Å². The number of amides is 1. The topological polar surface area (TPSA) is 65.4 Å². The fourth-order valence-electron chi connectivity index (χ4n) is 2.95. The van der Waals surface area contributed by atoms with Crippen LogP contribution in [0.25, 0.3) is 10.9 Å². The standard InChI is InChI=1S/C19H21ClN4O/c1-2-3-4-5-18(21)23-8-10-24(11-9-23)19(25)16-13-22-17-12-14(20)6-7-15(16)17/h2-7,12-13,22H,1,8-11,21H2/b4-3-,18-5+. The number of carbonyl (C=O) groups excluding carboxylic acids is 1. The molecule has 1 aliphatic heterocycles. The summed E-state index contributed by atoms with van der Waals surface area (Å²) in [6, 6.07) is 5.51. The highest BCUT2D eigenvalue weighted by atomic mass is 35.5. The predicted octanol–water partition coefficient (Wildman–Crippen LogP) is 3.12. The summed E-state index contributed by atoms with van der Waals surface area (Å²) < 4.78 is 0. The average Bonchev–Trinajstić information content (AvgIpc) is 3.04. The fraction of sp³-hybridized carbons (Fsp3) is 0.211. The van der Waals surface area contributed by atoms with E-state index in [1.807, 2.05) is 35.3 Å². The van der Waals surface area contributed by atoms with Crippen molar-refractivity contribution in [3.8, 4) is 0 Å². The average molecular weight is 357 g/mol. The third-order valence-corrected chi connectivity index (χ3v) is 4.56. The Labute approximate surface area is 152 Å². The van der Waals surface area contributed by atoms with Gasteiger partial charge in [0.2, 0.25) is 0 Å². The maximum absolute atomic E-state index is 12.8. The molecule has 25 heavy (non-hydrogen) atoms. The number of fused-ring (bicyclic) bond motifs is 1. The van der Waals surface area contributed by atoms with E-state index < -0.39 is 0 Å². The number of nitrogens with zero attached hydrogens (tertiary/aromatic N) is 2. The first-order chi connectivity index (χ1) is 12.1. The number of allylic oxidation sites excluding steroid dienone is 4. The molecule has 0 radical (unpaired) electrons. The van der Waals surface area contributed by atoms with E-state index in [4.69, 9.17) is 17.3 Å². The van der Waals surface area contributed by atoms with Crippen molar-refractivity contribution in [2.45, 2.75) is 0 Å². The molecule has 1 amide bonds. The number of nitrogens with one attached hydrogen (secondary N) is 1. The van der Waals surface area contributed by atoms with Crippen molar-refractivity contribution in [3.63, 3.8) is 0 Å². The summed E-state index contributed by atoms with van der Waals surface area (Å²) in [6.07, 6.45) is 8.99. The molecular weight excluding hydrogens is 336 g/mol. The molecule has 0 aliphatic carbocycles. The van der Waals surface area contributed by atoms with Gasteiger partial charge in [-0.25, -0.2) is 0 Å². The molecule has 2 aromatic rings. The van der Waals surface area contributed by atoms with Crippen LogP contribution < -0.4 is 5.73 Å². The maximum Gasteiger partial charge on any atom is 0.256 e. The Kier molecular flexibility index (Phi) is 5.14. The van der Waals surface area contributed by atoms with Gasteiger partial charge < -0.3 is 20.5 Å². The van der Waals surface area contributed by atoms with E-state index >= 15 is 0 Å². The zero-order valence-electron chi connectivity index (χ0n) is 13.9. The number of aromatic amines is 1. The summed E-state index contributed by atoms with van der Waals surface area (Å²) in [7, 11) is 0. The molecule has 0 bridgehead atoms. The van der Waals surface area contributed by atoms with Gasteiger partial charge >= 0.3 is 0 Å². The summed E-state index contributed by atoms with van der Waals surface area (Å²) in [5.41, 5.74) is 7.62. The van der Waals surface area contributed by atoms with Gasteiger partial charge in [0, 0.05) is 48.3 Å². The first kappa shape index (κ1) is 17.2. The van der Waals surface area contributed by atoms with E-state index in [-0.39, 0.29) is 5.91 Å². The minimum Gasteiger partial charge on any atom is -0.385 e. The molecule has 0 unspecified atom stereocenters. The first-order valence-electron chi connectivity index (χ1n) is 8.16. The summed E-state index contributed by atoms with van der Waals surface area (Å²) in [4.78, 5) is 19.9. The molecule has 1 aliphatic rings. The monoisotopic (exact) mass is 356 g/mol. The second kappa shape index (κ2) is 7.49. The van der Waals surface area contributed by atoms with Crippen LogP contribution in [0, 0.1) is 0 Å². The largest absolute Gasteiger partial charge is 0.385 e. The molecule has 1 fully saturated rings. The Bertz CT molecular complexity index is 844. The lowest BCUT2D eigenvalue weighted by Gasteiger charge is -2.36. The van der Waals surface area contributed by atoms with Crippen LogP contribution in [-0.2, 0) is 0 Å². The number of hydrogen-bond acceptors (Lipinski definition) is 3. The summed E-state index contributed by atoms with van der Waals surface area (Å²) in [5.74, 6) is 0.731. The second-order valence-corrected chi connectivity index (χ2v) is 6.32. The summed E-state index contributed by atoms with van der Waals surface area (Å²) >= 11 is 6.00. The van der Waals surface area contributed by atoms with E-state index in [2.05, 4.69) is 16.5 Å². The molecule has 0 spiro atoms. The lowest BCUT2D eigenvalue weighted by molar-refractivity contribution is 0.0670. The number of piperazine rings is 1. The Morgan fingerprint density at radius 3 is 2.64 bits per heavy atom. The normalized spacial score (nSPS) is 16.0. The Balaban J connectivity index is 1.68. The summed E-state index contributed by atoms with van der Waals surface area (Å²) in [5, 5.41) is 1.54. The van der Waals surface area contributed by atoms with Crippen molar-refractivity contribution in [1.82, 2.24) is 14.8 Å². The highest BCUT2D eigenvalue weighted by Gasteiger charge is 2.24. The van der Waals surface area contributed by atoms with Crippen LogP contribution in [-0.4, -0.2) is 46.9 Å². The Morgan fingerprint density at radius 2 is 1.92 bits per heavy atom. The molecule has 130 valence electrons. The van der Waals surface area contributed by atoms with Crippen molar-refractivity contribution in [1.29, 1.82) is 0 Å². The number of nitrogens with two attached hydrogens (primary N) is 1. The molecule has 3 rings (SSSR count). The van der Waals surface area contributed by atoms with Gasteiger partial charge in [-0.15, -0.1) is 0 Å². The van der Waals surface area contributed by atoms with Crippen LogP contribution in [0.3, 0.4) is 0 Å². The molecule has 3 N–H and O–H groups in total. The van der Waals surface area contributed by atoms with Crippen molar-refractivity contribution in [2.75, 3.05) is 26.2 Å². The predicted molar refractivity (Wildman–Crippen MR) is 102 cm³/mol. The molecule has 0 saturated carbocycles. The van der Waals surface area contributed by atoms with E-state index in [1.54, 1.807) is 18.3 Å². The van der Waals surface area contributed by atoms with Gasteiger partial charge in [0.05, 0.1) is 11.4 Å². The molecule has 1 aromatic carbocycles. The highest BCUT2D eigenvalue weighted by molar-refractivity contribution is 6.31. The zero-order valence-corrected chi connectivity index (χ0v) is 14.7. The molecule has 1 saturated heterocycles. The van der Waals surface area contributed by atoms with Gasteiger partial charge in [-0.3, -0.25) is 4.79 Å². The van der Waals surface area contributed by atoms with E-state index in [0.717, 1.165) is 10.9 Å². The quantitative estimate of drug-likeness (QED) is 0.827. The molecule has 6 heteroatoms. The number of benzene rings is 1. The fourth-order valence-corrected chi connectivity index (χ4v) is 3.12. The van der Waals surface area contributed by atoms with Gasteiger partial charge in [-0.05, 0) is 18.2 Å². The number of carbonyl (C=O) groups is 1. The molecule has 2 heterocycles. The van der Waals surface area contributed by atoms with Crippen LogP contribution in [0.1, 0.15) is 10.4 Å². The third-order valence-electron chi connectivity index (χ3n) is 4.32. The van der Waals surface area contributed by atoms with Crippen LogP contribution in [0.4, 0.5) is 0 Å². The number of rotatable bonds is 4. The van der Waals surface area contributed by atoms with Gasteiger partial charge in [0.25, 0.3) is 5.91 Å². The van der Waals surface area contributed by atoms with Crippen molar-refractivity contribution in [3.05, 3.63) is 71.7 Å². The van der Waals surface area contributed by atoms with Gasteiger partial charge in [0.15, 0.2) is 0 Å². The van der Waals surface area contributed by atoms with E-state index in [9.17, 15) is 4.79 Å². The van der Waals surface area contributed by atoms with Crippen LogP contribution in [0.15, 0.2) is 61.1 Å². The zero-order chi connectivity index (χ0) is 17.8. The first-order valence-corrected chi connectivity index (χ1v) is 8.53. The van der Waals surface area contributed by atoms with Crippen LogP contribution >= 0.6 is 11.6 Å². The molecule has 1 aromatic heterocycles. The van der Waals surface area contributed by atoms with E-state index in [0.29, 0.717) is 42.6 Å². The highest BCUT2D eigenvalue weighted by Crippen LogP contribution is 2.23. The minimum absolute atomic E-state index is 0.0299. The third kappa shape index (κ3) is 3.72. The van der Waals surface area contributed by atoms with Crippen LogP contribution in [0.5, 0.6) is 0 Å². The summed E-state index contributed by atoms with van der Waals surface area (Å²) in [6.45, 7) is 6.33. The van der Waals surface area contributed by atoms with Crippen molar-refractivity contribution < 1.29 is 4.79 Å². The lowest BCUT2D eigenvalue weighted by atomic mass is 10.1. The van der Waals surface area contributed by atoms with Crippen molar-refractivity contribution in [2.24, 2.45) is 5.73 Å². The minimum atomic E-state index is 0.0299.